The van der Waals surface area contributed by atoms with Crippen LogP contribution in [0.4, 0.5) is 0 Å². The summed E-state index contributed by atoms with van der Waals surface area (Å²) in [5.41, 5.74) is 5.17. The van der Waals surface area contributed by atoms with Crippen molar-refractivity contribution in [1.29, 1.82) is 0 Å². The quantitative estimate of drug-likeness (QED) is 0.267. The summed E-state index contributed by atoms with van der Waals surface area (Å²) in [6.45, 7) is 4.41. The van der Waals surface area contributed by atoms with E-state index in [1.165, 1.54) is 22.3 Å². The number of benzene rings is 2. The van der Waals surface area contributed by atoms with Crippen LogP contribution < -0.4 is 0 Å². The van der Waals surface area contributed by atoms with Gasteiger partial charge in [0, 0.05) is 11.5 Å². The number of rotatable bonds is 15. The second-order valence-corrected chi connectivity index (χ2v) is 10.1. The van der Waals surface area contributed by atoms with Gasteiger partial charge in [-0.05, 0) is 49.3 Å². The number of esters is 2. The van der Waals surface area contributed by atoms with Gasteiger partial charge in [0.25, 0.3) is 0 Å². The SMILES string of the molecule is Cc1ccc(CCSCCC(=O)OCCOC(=O)CCSCCc2ccc(C)cc2)cc1.O. The number of ether oxygens (including phenoxy) is 2. The lowest BCUT2D eigenvalue weighted by atomic mass is 10.1. The molecule has 7 heteroatoms. The molecule has 2 aromatic carbocycles. The number of carbonyl (C=O) groups is 2. The second-order valence-electron chi connectivity index (χ2n) is 7.64. The molecule has 0 spiro atoms. The Morgan fingerprint density at radius 2 is 1.00 bits per heavy atom. The van der Waals surface area contributed by atoms with E-state index in [0.29, 0.717) is 12.8 Å². The fourth-order valence-corrected chi connectivity index (χ4v) is 4.65. The molecular formula is C26H36O5S2. The molecule has 0 aliphatic carbocycles. The van der Waals surface area contributed by atoms with Crippen molar-refractivity contribution in [2.45, 2.75) is 39.5 Å². The molecule has 0 unspecified atom stereocenters. The molecule has 0 heterocycles. The van der Waals surface area contributed by atoms with Crippen LogP contribution in [0.15, 0.2) is 48.5 Å². The van der Waals surface area contributed by atoms with Crippen LogP contribution in [0.25, 0.3) is 0 Å². The van der Waals surface area contributed by atoms with Crippen LogP contribution in [0.2, 0.25) is 0 Å². The number of thioether (sulfide) groups is 2. The molecular weight excluding hydrogens is 456 g/mol. The minimum atomic E-state index is -0.240. The van der Waals surface area contributed by atoms with Gasteiger partial charge in [0.2, 0.25) is 0 Å². The Bertz CT molecular complexity index is 737. The van der Waals surface area contributed by atoms with Gasteiger partial charge in [0.15, 0.2) is 0 Å². The third kappa shape index (κ3) is 14.0. The first-order valence-electron chi connectivity index (χ1n) is 11.1. The van der Waals surface area contributed by atoms with Gasteiger partial charge in [-0.2, -0.15) is 23.5 Å². The zero-order chi connectivity index (χ0) is 23.0. The third-order valence-electron chi connectivity index (χ3n) is 4.82. The van der Waals surface area contributed by atoms with Crippen molar-refractivity contribution in [3.8, 4) is 0 Å². The highest BCUT2D eigenvalue weighted by atomic mass is 32.2. The average molecular weight is 493 g/mol. The van der Waals surface area contributed by atoms with Crippen LogP contribution in [0.5, 0.6) is 0 Å². The van der Waals surface area contributed by atoms with Crippen molar-refractivity contribution in [3.63, 3.8) is 0 Å². The standard InChI is InChI=1S/C26H34O4S2.H2O/c1-21-3-7-23(8-4-21)11-17-31-19-13-25(27)29-15-16-30-26(28)14-20-32-18-12-24-9-5-22(2)6-10-24;/h3-10H,11-20H2,1-2H3;1H2. The zero-order valence-corrected chi connectivity index (χ0v) is 21.3. The minimum absolute atomic E-state index is 0. The van der Waals surface area contributed by atoms with Crippen LogP contribution in [-0.2, 0) is 31.9 Å². The highest BCUT2D eigenvalue weighted by Crippen LogP contribution is 2.11. The molecule has 0 amide bonds. The molecule has 0 aliphatic rings. The van der Waals surface area contributed by atoms with Gasteiger partial charge in [-0.1, -0.05) is 59.7 Å². The van der Waals surface area contributed by atoms with Gasteiger partial charge >= 0.3 is 11.9 Å². The molecule has 0 fully saturated rings. The van der Waals surface area contributed by atoms with Crippen molar-refractivity contribution in [2.75, 3.05) is 36.2 Å². The van der Waals surface area contributed by atoms with Crippen LogP contribution in [0.3, 0.4) is 0 Å². The molecule has 2 N–H and O–H groups in total. The van der Waals surface area contributed by atoms with Gasteiger partial charge in [0.1, 0.15) is 13.2 Å². The molecule has 5 nitrogen and oxygen atoms in total. The van der Waals surface area contributed by atoms with E-state index in [4.69, 9.17) is 9.47 Å². The van der Waals surface area contributed by atoms with Gasteiger partial charge in [-0.15, -0.1) is 0 Å². The summed E-state index contributed by atoms with van der Waals surface area (Å²) in [6.07, 6.45) is 2.76. The summed E-state index contributed by atoms with van der Waals surface area (Å²) in [6, 6.07) is 17.1. The normalized spacial score (nSPS) is 10.4. The number of aryl methyl sites for hydroxylation is 4. The first-order valence-corrected chi connectivity index (χ1v) is 13.4. The van der Waals surface area contributed by atoms with Crippen molar-refractivity contribution >= 4 is 35.5 Å². The summed E-state index contributed by atoms with van der Waals surface area (Å²) >= 11 is 3.50. The van der Waals surface area contributed by atoms with Crippen LogP contribution >= 0.6 is 23.5 Å². The molecule has 2 aromatic rings. The topological polar surface area (TPSA) is 84.1 Å². The van der Waals surface area contributed by atoms with Gasteiger partial charge in [0.05, 0.1) is 12.8 Å². The molecule has 0 aromatic heterocycles. The maximum Gasteiger partial charge on any atom is 0.306 e. The molecule has 0 bridgehead atoms. The minimum Gasteiger partial charge on any atom is -0.462 e. The Kier molecular flexibility index (Phi) is 15.4. The Labute approximate surface area is 206 Å². The van der Waals surface area contributed by atoms with E-state index in [9.17, 15) is 9.59 Å². The molecule has 0 saturated heterocycles. The smallest absolute Gasteiger partial charge is 0.306 e. The Morgan fingerprint density at radius 3 is 1.36 bits per heavy atom. The van der Waals surface area contributed by atoms with Gasteiger partial charge in [-0.3, -0.25) is 9.59 Å². The lowest BCUT2D eigenvalue weighted by Crippen LogP contribution is -2.14. The Balaban J connectivity index is 0.00000544. The summed E-state index contributed by atoms with van der Waals surface area (Å²) in [5.74, 6) is 2.97. The van der Waals surface area contributed by atoms with Crippen molar-refractivity contribution in [2.24, 2.45) is 0 Å². The molecule has 0 aliphatic heterocycles. The van der Waals surface area contributed by atoms with E-state index in [1.807, 2.05) is 0 Å². The molecule has 2 rings (SSSR count). The van der Waals surface area contributed by atoms with Gasteiger partial charge < -0.3 is 14.9 Å². The van der Waals surface area contributed by atoms with Crippen LogP contribution in [-0.4, -0.2) is 53.6 Å². The number of hydrogen-bond acceptors (Lipinski definition) is 6. The van der Waals surface area contributed by atoms with Crippen molar-refractivity contribution < 1.29 is 24.5 Å². The van der Waals surface area contributed by atoms with E-state index in [1.54, 1.807) is 23.5 Å². The highest BCUT2D eigenvalue weighted by Gasteiger charge is 2.06. The van der Waals surface area contributed by atoms with Crippen LogP contribution in [0, 0.1) is 13.8 Å². The predicted molar refractivity (Wildman–Crippen MR) is 139 cm³/mol. The van der Waals surface area contributed by atoms with E-state index in [0.717, 1.165) is 35.9 Å². The molecule has 0 saturated carbocycles. The van der Waals surface area contributed by atoms with E-state index >= 15 is 0 Å². The average Bonchev–Trinajstić information content (AvgIpc) is 2.79. The molecule has 0 radical (unpaired) electrons. The molecule has 182 valence electrons. The first-order chi connectivity index (χ1) is 15.5. The van der Waals surface area contributed by atoms with Crippen LogP contribution in [0.1, 0.15) is 35.1 Å². The zero-order valence-electron chi connectivity index (χ0n) is 19.6. The van der Waals surface area contributed by atoms with Crippen molar-refractivity contribution in [1.82, 2.24) is 0 Å². The lowest BCUT2D eigenvalue weighted by molar-refractivity contribution is -0.151. The Hall–Kier alpha value is -1.96. The summed E-state index contributed by atoms with van der Waals surface area (Å²) < 4.78 is 10.3. The fraction of sp³-hybridized carbons (Fsp3) is 0.462. The lowest BCUT2D eigenvalue weighted by Gasteiger charge is -2.07. The Morgan fingerprint density at radius 1 is 0.636 bits per heavy atom. The maximum atomic E-state index is 11.8. The van der Waals surface area contributed by atoms with Gasteiger partial charge in [-0.25, -0.2) is 0 Å². The van der Waals surface area contributed by atoms with E-state index in [-0.39, 0.29) is 30.6 Å². The van der Waals surface area contributed by atoms with Crippen molar-refractivity contribution in [3.05, 3.63) is 70.8 Å². The maximum absolute atomic E-state index is 11.8. The van der Waals surface area contributed by atoms with E-state index < -0.39 is 0 Å². The summed E-state index contributed by atoms with van der Waals surface area (Å²) in [7, 11) is 0. The fourth-order valence-electron chi connectivity index (χ4n) is 2.86. The predicted octanol–water partition coefficient (Wildman–Crippen LogP) is 4.60. The van der Waals surface area contributed by atoms with E-state index in [2.05, 4.69) is 62.4 Å². The highest BCUT2D eigenvalue weighted by molar-refractivity contribution is 7.99. The monoisotopic (exact) mass is 492 g/mol. The second kappa shape index (κ2) is 17.5. The largest absolute Gasteiger partial charge is 0.462 e. The number of carbonyl (C=O) groups excluding carboxylic acids is 2. The molecule has 0 atom stereocenters. The summed E-state index contributed by atoms with van der Waals surface area (Å²) in [4.78, 5) is 23.5. The number of hydrogen-bond donors (Lipinski definition) is 0. The summed E-state index contributed by atoms with van der Waals surface area (Å²) in [5, 5.41) is 0. The molecule has 33 heavy (non-hydrogen) atoms. The third-order valence-corrected chi connectivity index (χ3v) is 6.79. The first kappa shape index (κ1) is 29.1.